The molecule has 1 aliphatic heterocycles. The minimum atomic E-state index is 0.0372. The first-order chi connectivity index (χ1) is 12.7. The third kappa shape index (κ3) is 3.98. The van der Waals surface area contributed by atoms with Gasteiger partial charge < -0.3 is 14.6 Å². The van der Waals surface area contributed by atoms with Gasteiger partial charge in [0, 0.05) is 37.9 Å². The van der Waals surface area contributed by atoms with E-state index in [1.807, 2.05) is 35.4 Å². The second kappa shape index (κ2) is 7.62. The number of benzene rings is 1. The molecule has 0 spiro atoms. The van der Waals surface area contributed by atoms with Crippen LogP contribution in [0.1, 0.15) is 48.6 Å². The van der Waals surface area contributed by atoms with Gasteiger partial charge in [-0.2, -0.15) is 0 Å². The molecular formula is C21H27N3O2. The fraction of sp³-hybridized carbons (Fsp3) is 0.524. The quantitative estimate of drug-likeness (QED) is 0.869. The largest absolute Gasteiger partial charge is 0.392 e. The van der Waals surface area contributed by atoms with Gasteiger partial charge in [0.25, 0.3) is 0 Å². The number of carbonyl (C=O) groups is 1. The maximum atomic E-state index is 12.8. The van der Waals surface area contributed by atoms with Crippen LogP contribution in [-0.2, 0) is 24.4 Å². The van der Waals surface area contributed by atoms with Crippen LogP contribution in [0, 0.1) is 5.92 Å². The average molecular weight is 353 g/mol. The van der Waals surface area contributed by atoms with E-state index in [-0.39, 0.29) is 12.5 Å². The van der Waals surface area contributed by atoms with Crippen molar-refractivity contribution < 1.29 is 9.90 Å². The van der Waals surface area contributed by atoms with Gasteiger partial charge in [-0.15, -0.1) is 0 Å². The Morgan fingerprint density at radius 1 is 1.15 bits per heavy atom. The zero-order chi connectivity index (χ0) is 17.9. The lowest BCUT2D eigenvalue weighted by Crippen LogP contribution is -2.40. The zero-order valence-electron chi connectivity index (χ0n) is 15.2. The molecule has 5 heteroatoms. The summed E-state index contributed by atoms with van der Waals surface area (Å²) in [7, 11) is 0. The number of imidazole rings is 1. The Kier molecular flexibility index (Phi) is 5.07. The van der Waals surface area contributed by atoms with Gasteiger partial charge in [-0.25, -0.2) is 4.98 Å². The summed E-state index contributed by atoms with van der Waals surface area (Å²) in [5, 5.41) is 9.13. The fourth-order valence-corrected chi connectivity index (χ4v) is 3.88. The van der Waals surface area contributed by atoms with Crippen LogP contribution in [0.2, 0.25) is 0 Å². The van der Waals surface area contributed by atoms with Gasteiger partial charge in [0.05, 0.1) is 13.0 Å². The SMILES string of the molecule is O=C(Cc1ccc(CO)cc1)N1CCC[C@@H](c2nccn2CC2CC2)C1. The van der Waals surface area contributed by atoms with Crippen molar-refractivity contribution in [3.63, 3.8) is 0 Å². The van der Waals surface area contributed by atoms with Crippen molar-refractivity contribution in [3.05, 3.63) is 53.6 Å². The van der Waals surface area contributed by atoms with E-state index in [2.05, 4.69) is 15.7 Å². The molecule has 0 radical (unpaired) electrons. The van der Waals surface area contributed by atoms with E-state index in [0.29, 0.717) is 12.3 Å². The third-order valence-corrected chi connectivity index (χ3v) is 5.60. The predicted molar refractivity (Wildman–Crippen MR) is 99.6 cm³/mol. The summed E-state index contributed by atoms with van der Waals surface area (Å²) in [5.41, 5.74) is 1.88. The molecule has 1 saturated carbocycles. The van der Waals surface area contributed by atoms with Crippen LogP contribution in [-0.4, -0.2) is 38.6 Å². The lowest BCUT2D eigenvalue weighted by atomic mass is 9.96. The van der Waals surface area contributed by atoms with E-state index in [1.165, 1.54) is 12.8 Å². The number of aromatic nitrogens is 2. The van der Waals surface area contributed by atoms with E-state index in [1.54, 1.807) is 0 Å². The summed E-state index contributed by atoms with van der Waals surface area (Å²) in [6.45, 7) is 2.73. The normalized spacial score (nSPS) is 20.3. The topological polar surface area (TPSA) is 58.4 Å². The van der Waals surface area contributed by atoms with E-state index >= 15 is 0 Å². The Hall–Kier alpha value is -2.14. The fourth-order valence-electron chi connectivity index (χ4n) is 3.88. The second-order valence-corrected chi connectivity index (χ2v) is 7.71. The van der Waals surface area contributed by atoms with Crippen LogP contribution >= 0.6 is 0 Å². The van der Waals surface area contributed by atoms with E-state index in [4.69, 9.17) is 5.11 Å². The molecule has 2 aliphatic rings. The smallest absolute Gasteiger partial charge is 0.227 e. The molecular weight excluding hydrogens is 326 g/mol. The lowest BCUT2D eigenvalue weighted by Gasteiger charge is -2.33. The number of hydrogen-bond donors (Lipinski definition) is 1. The number of carbonyl (C=O) groups excluding carboxylic acids is 1. The van der Waals surface area contributed by atoms with E-state index in [0.717, 1.165) is 55.3 Å². The molecule has 1 aromatic carbocycles. The molecule has 5 nitrogen and oxygen atoms in total. The number of likely N-dealkylation sites (tertiary alicyclic amines) is 1. The third-order valence-electron chi connectivity index (χ3n) is 5.60. The highest BCUT2D eigenvalue weighted by atomic mass is 16.3. The average Bonchev–Trinajstić information content (AvgIpc) is 3.37. The summed E-state index contributed by atoms with van der Waals surface area (Å²) in [4.78, 5) is 19.4. The number of nitrogens with zero attached hydrogens (tertiary/aromatic N) is 3. The molecule has 1 atom stereocenters. The summed E-state index contributed by atoms with van der Waals surface area (Å²) in [6, 6.07) is 7.65. The Morgan fingerprint density at radius 2 is 1.92 bits per heavy atom. The molecule has 1 saturated heterocycles. The Morgan fingerprint density at radius 3 is 2.65 bits per heavy atom. The van der Waals surface area contributed by atoms with Gasteiger partial charge in [0.2, 0.25) is 5.91 Å². The first-order valence-corrected chi connectivity index (χ1v) is 9.70. The van der Waals surface area contributed by atoms with Crippen molar-refractivity contribution in [2.75, 3.05) is 13.1 Å². The van der Waals surface area contributed by atoms with Crippen molar-refractivity contribution >= 4 is 5.91 Å². The number of hydrogen-bond acceptors (Lipinski definition) is 3. The van der Waals surface area contributed by atoms with Crippen LogP contribution in [0.5, 0.6) is 0 Å². The molecule has 4 rings (SSSR count). The highest BCUT2D eigenvalue weighted by Crippen LogP contribution is 2.33. The summed E-state index contributed by atoms with van der Waals surface area (Å²) in [5.74, 6) is 2.51. The van der Waals surface area contributed by atoms with Gasteiger partial charge in [-0.3, -0.25) is 4.79 Å². The van der Waals surface area contributed by atoms with Gasteiger partial charge in [-0.1, -0.05) is 24.3 Å². The van der Waals surface area contributed by atoms with Gasteiger partial charge in [0.15, 0.2) is 0 Å². The molecule has 2 heterocycles. The molecule has 138 valence electrons. The monoisotopic (exact) mass is 353 g/mol. The van der Waals surface area contributed by atoms with E-state index < -0.39 is 0 Å². The van der Waals surface area contributed by atoms with Crippen LogP contribution in [0.3, 0.4) is 0 Å². The molecule has 1 aromatic heterocycles. The first-order valence-electron chi connectivity index (χ1n) is 9.70. The minimum Gasteiger partial charge on any atom is -0.392 e. The van der Waals surface area contributed by atoms with Crippen molar-refractivity contribution in [2.45, 2.75) is 51.2 Å². The Bertz CT molecular complexity index is 749. The second-order valence-electron chi connectivity index (χ2n) is 7.71. The zero-order valence-corrected chi connectivity index (χ0v) is 15.2. The molecule has 0 bridgehead atoms. The highest BCUT2D eigenvalue weighted by molar-refractivity contribution is 5.79. The van der Waals surface area contributed by atoms with E-state index in [9.17, 15) is 4.79 Å². The van der Waals surface area contributed by atoms with Crippen molar-refractivity contribution in [3.8, 4) is 0 Å². The standard InChI is InChI=1S/C21H27N3O2/c25-15-18-7-3-16(4-8-18)12-20(26)23-10-1-2-19(14-23)21-22-9-11-24(21)13-17-5-6-17/h3-4,7-9,11,17,19,25H,1-2,5-6,10,12-15H2/t19-/m1/s1. The molecule has 1 amide bonds. The predicted octanol–water partition coefficient (Wildman–Crippen LogP) is 2.73. The molecule has 2 fully saturated rings. The highest BCUT2D eigenvalue weighted by Gasteiger charge is 2.29. The number of aliphatic hydroxyl groups is 1. The molecule has 1 aliphatic carbocycles. The van der Waals surface area contributed by atoms with Crippen LogP contribution in [0.25, 0.3) is 0 Å². The summed E-state index contributed by atoms with van der Waals surface area (Å²) < 4.78 is 2.31. The number of piperidine rings is 1. The number of rotatable bonds is 6. The van der Waals surface area contributed by atoms with Crippen molar-refractivity contribution in [1.29, 1.82) is 0 Å². The molecule has 0 unspecified atom stereocenters. The lowest BCUT2D eigenvalue weighted by molar-refractivity contribution is -0.131. The molecule has 1 N–H and O–H groups in total. The number of aliphatic hydroxyl groups excluding tert-OH is 1. The minimum absolute atomic E-state index is 0.0372. The van der Waals surface area contributed by atoms with Gasteiger partial charge >= 0.3 is 0 Å². The summed E-state index contributed by atoms with van der Waals surface area (Å²) >= 11 is 0. The van der Waals surface area contributed by atoms with Crippen LogP contribution in [0.4, 0.5) is 0 Å². The first kappa shape index (κ1) is 17.3. The maximum absolute atomic E-state index is 12.8. The maximum Gasteiger partial charge on any atom is 0.227 e. The molecule has 26 heavy (non-hydrogen) atoms. The number of amides is 1. The van der Waals surface area contributed by atoms with Crippen molar-refractivity contribution in [2.24, 2.45) is 5.92 Å². The van der Waals surface area contributed by atoms with Gasteiger partial charge in [0.1, 0.15) is 5.82 Å². The Balaban J connectivity index is 1.39. The van der Waals surface area contributed by atoms with Crippen molar-refractivity contribution in [1.82, 2.24) is 14.5 Å². The van der Waals surface area contributed by atoms with Gasteiger partial charge in [-0.05, 0) is 42.7 Å². The Labute approximate surface area is 154 Å². The van der Waals surface area contributed by atoms with Crippen LogP contribution < -0.4 is 0 Å². The summed E-state index contributed by atoms with van der Waals surface area (Å²) in [6.07, 6.45) is 9.24. The van der Waals surface area contributed by atoms with Crippen LogP contribution in [0.15, 0.2) is 36.7 Å². The molecule has 2 aromatic rings.